The summed E-state index contributed by atoms with van der Waals surface area (Å²) in [6.45, 7) is 3.84. The highest BCUT2D eigenvalue weighted by Crippen LogP contribution is 2.30. The third-order valence-electron chi connectivity index (χ3n) is 2.87. The van der Waals surface area contributed by atoms with Gasteiger partial charge in [-0.1, -0.05) is 6.08 Å². The summed E-state index contributed by atoms with van der Waals surface area (Å²) in [4.78, 5) is 11.1. The molecule has 2 atom stereocenters. The molecular formula is C10H15NO. The van der Waals surface area contributed by atoms with E-state index in [1.165, 1.54) is 6.42 Å². The minimum atomic E-state index is 0.270. The highest BCUT2D eigenvalue weighted by Gasteiger charge is 2.27. The van der Waals surface area contributed by atoms with Gasteiger partial charge in [0.2, 0.25) is 0 Å². The standard InChI is InChI=1S/C10H15NO/c1-7(12)10-3-8-2-9(4-10)6-11-5-8/h3,8-9,11H,2,4-6H2,1H3. The highest BCUT2D eigenvalue weighted by molar-refractivity contribution is 5.93. The van der Waals surface area contributed by atoms with Gasteiger partial charge in [0.15, 0.2) is 5.78 Å². The number of piperidine rings is 1. The molecule has 2 heteroatoms. The van der Waals surface area contributed by atoms with Gasteiger partial charge in [-0.3, -0.25) is 4.79 Å². The molecular weight excluding hydrogens is 150 g/mol. The lowest BCUT2D eigenvalue weighted by Gasteiger charge is -2.33. The Morgan fingerprint density at radius 2 is 2.42 bits per heavy atom. The van der Waals surface area contributed by atoms with Gasteiger partial charge < -0.3 is 5.32 Å². The van der Waals surface area contributed by atoms with Crippen LogP contribution in [0.1, 0.15) is 19.8 Å². The molecule has 0 aromatic carbocycles. The summed E-state index contributed by atoms with van der Waals surface area (Å²) >= 11 is 0. The molecule has 1 aliphatic heterocycles. The number of nitrogens with one attached hydrogen (secondary N) is 1. The number of Topliss-reactive ketones (excluding diaryl/α,β-unsaturated/α-hetero) is 1. The summed E-state index contributed by atoms with van der Waals surface area (Å²) in [5.74, 6) is 1.61. The number of carbonyl (C=O) groups excluding carboxylic acids is 1. The summed E-state index contributed by atoms with van der Waals surface area (Å²) in [6, 6.07) is 0. The predicted octanol–water partition coefficient (Wildman–Crippen LogP) is 1.13. The molecule has 2 unspecified atom stereocenters. The normalized spacial score (nSPS) is 34.2. The van der Waals surface area contributed by atoms with Crippen LogP contribution in [0.15, 0.2) is 11.6 Å². The molecule has 12 heavy (non-hydrogen) atoms. The van der Waals surface area contributed by atoms with Crippen LogP contribution in [0.5, 0.6) is 0 Å². The van der Waals surface area contributed by atoms with Gasteiger partial charge in [-0.25, -0.2) is 0 Å². The summed E-state index contributed by atoms with van der Waals surface area (Å²) < 4.78 is 0. The molecule has 66 valence electrons. The maximum atomic E-state index is 11.1. The van der Waals surface area contributed by atoms with E-state index in [9.17, 15) is 4.79 Å². The van der Waals surface area contributed by atoms with Crippen LogP contribution in [0, 0.1) is 11.8 Å². The molecule has 2 aliphatic rings. The fourth-order valence-corrected chi connectivity index (χ4v) is 2.27. The monoisotopic (exact) mass is 165 g/mol. The number of ketones is 1. The molecule has 2 bridgehead atoms. The van der Waals surface area contributed by atoms with Crippen LogP contribution in [-0.4, -0.2) is 18.9 Å². The zero-order valence-electron chi connectivity index (χ0n) is 7.47. The quantitative estimate of drug-likeness (QED) is 0.631. The van der Waals surface area contributed by atoms with Gasteiger partial charge in [-0.2, -0.15) is 0 Å². The Morgan fingerprint density at radius 3 is 3.08 bits per heavy atom. The Hall–Kier alpha value is -0.630. The van der Waals surface area contributed by atoms with Crippen LogP contribution in [0.2, 0.25) is 0 Å². The Kier molecular flexibility index (Phi) is 2.01. The Bertz CT molecular complexity index is 232. The maximum absolute atomic E-state index is 11.1. The van der Waals surface area contributed by atoms with Gasteiger partial charge in [0, 0.05) is 6.54 Å². The SMILES string of the molecule is CC(=O)C1=CC2CNCC(C1)C2. The summed E-state index contributed by atoms with van der Waals surface area (Å²) in [7, 11) is 0. The molecule has 0 spiro atoms. The fourth-order valence-electron chi connectivity index (χ4n) is 2.27. The van der Waals surface area contributed by atoms with Gasteiger partial charge in [0.25, 0.3) is 0 Å². The first-order chi connectivity index (χ1) is 5.75. The van der Waals surface area contributed by atoms with Gasteiger partial charge in [-0.05, 0) is 43.7 Å². The van der Waals surface area contributed by atoms with Crippen LogP contribution in [0.3, 0.4) is 0 Å². The summed E-state index contributed by atoms with van der Waals surface area (Å²) in [5, 5.41) is 3.39. The van der Waals surface area contributed by atoms with Crippen molar-refractivity contribution in [2.45, 2.75) is 19.8 Å². The van der Waals surface area contributed by atoms with Crippen LogP contribution in [0.25, 0.3) is 0 Å². The predicted molar refractivity (Wildman–Crippen MR) is 47.8 cm³/mol. The van der Waals surface area contributed by atoms with Crippen molar-refractivity contribution in [2.24, 2.45) is 11.8 Å². The van der Waals surface area contributed by atoms with Gasteiger partial charge in [-0.15, -0.1) is 0 Å². The van der Waals surface area contributed by atoms with E-state index >= 15 is 0 Å². The van der Waals surface area contributed by atoms with E-state index in [2.05, 4.69) is 11.4 Å². The fraction of sp³-hybridized carbons (Fsp3) is 0.700. The summed E-state index contributed by atoms with van der Waals surface area (Å²) in [6.07, 6.45) is 4.45. The molecule has 0 aromatic heterocycles. The number of hydrogen-bond acceptors (Lipinski definition) is 2. The zero-order chi connectivity index (χ0) is 8.55. The lowest BCUT2D eigenvalue weighted by Crippen LogP contribution is -2.38. The van der Waals surface area contributed by atoms with Crippen LogP contribution >= 0.6 is 0 Å². The number of fused-ring (bicyclic) bond motifs is 2. The average Bonchev–Trinajstić information content (AvgIpc) is 2.03. The van der Waals surface area contributed by atoms with E-state index < -0.39 is 0 Å². The van der Waals surface area contributed by atoms with E-state index in [1.54, 1.807) is 6.92 Å². The smallest absolute Gasteiger partial charge is 0.155 e. The number of carbonyl (C=O) groups is 1. The highest BCUT2D eigenvalue weighted by atomic mass is 16.1. The average molecular weight is 165 g/mol. The first-order valence-electron chi connectivity index (χ1n) is 4.68. The molecule has 0 aromatic rings. The van der Waals surface area contributed by atoms with Crippen LogP contribution in [-0.2, 0) is 4.79 Å². The van der Waals surface area contributed by atoms with E-state index in [0.717, 1.165) is 25.1 Å². The van der Waals surface area contributed by atoms with Gasteiger partial charge in [0.1, 0.15) is 0 Å². The first-order valence-corrected chi connectivity index (χ1v) is 4.68. The third kappa shape index (κ3) is 1.44. The van der Waals surface area contributed by atoms with Crippen molar-refractivity contribution in [2.75, 3.05) is 13.1 Å². The molecule has 2 rings (SSSR count). The number of hydrogen-bond donors (Lipinski definition) is 1. The minimum absolute atomic E-state index is 0.270. The second-order valence-corrected chi connectivity index (χ2v) is 3.97. The van der Waals surface area contributed by atoms with Crippen LogP contribution < -0.4 is 5.32 Å². The Morgan fingerprint density at radius 1 is 1.58 bits per heavy atom. The number of allylic oxidation sites excluding steroid dienone is 1. The Labute approximate surface area is 73.0 Å². The second kappa shape index (κ2) is 3.02. The molecule has 0 radical (unpaired) electrons. The first kappa shape index (κ1) is 7.99. The van der Waals surface area contributed by atoms with E-state index in [0.29, 0.717) is 11.8 Å². The van der Waals surface area contributed by atoms with Crippen molar-refractivity contribution in [1.29, 1.82) is 0 Å². The van der Waals surface area contributed by atoms with Crippen molar-refractivity contribution in [3.8, 4) is 0 Å². The molecule has 2 nitrogen and oxygen atoms in total. The molecule has 1 saturated heterocycles. The minimum Gasteiger partial charge on any atom is -0.316 e. The Balaban J connectivity index is 2.17. The molecule has 1 N–H and O–H groups in total. The molecule has 1 fully saturated rings. The van der Waals surface area contributed by atoms with Crippen molar-refractivity contribution in [3.63, 3.8) is 0 Å². The van der Waals surface area contributed by atoms with Gasteiger partial charge >= 0.3 is 0 Å². The molecule has 0 saturated carbocycles. The summed E-state index contributed by atoms with van der Waals surface area (Å²) in [5.41, 5.74) is 1.07. The third-order valence-corrected chi connectivity index (χ3v) is 2.87. The van der Waals surface area contributed by atoms with Crippen molar-refractivity contribution in [3.05, 3.63) is 11.6 Å². The second-order valence-electron chi connectivity index (χ2n) is 3.97. The molecule has 0 amide bonds. The van der Waals surface area contributed by atoms with Crippen molar-refractivity contribution >= 4 is 5.78 Å². The van der Waals surface area contributed by atoms with Crippen molar-refractivity contribution in [1.82, 2.24) is 5.32 Å². The van der Waals surface area contributed by atoms with Gasteiger partial charge in [0.05, 0.1) is 0 Å². The lowest BCUT2D eigenvalue weighted by molar-refractivity contribution is -0.114. The van der Waals surface area contributed by atoms with E-state index in [-0.39, 0.29) is 5.78 Å². The zero-order valence-corrected chi connectivity index (χ0v) is 7.47. The topological polar surface area (TPSA) is 29.1 Å². The maximum Gasteiger partial charge on any atom is 0.155 e. The lowest BCUT2D eigenvalue weighted by atomic mass is 9.79. The largest absolute Gasteiger partial charge is 0.316 e. The van der Waals surface area contributed by atoms with Crippen molar-refractivity contribution < 1.29 is 4.79 Å². The number of rotatable bonds is 1. The van der Waals surface area contributed by atoms with Crippen LogP contribution in [0.4, 0.5) is 0 Å². The van der Waals surface area contributed by atoms with E-state index in [1.807, 2.05) is 0 Å². The molecule has 1 heterocycles. The van der Waals surface area contributed by atoms with E-state index in [4.69, 9.17) is 0 Å². The molecule has 1 aliphatic carbocycles.